The maximum absolute atomic E-state index is 5.35. The molecule has 0 saturated heterocycles. The van der Waals surface area contributed by atoms with E-state index in [1.54, 1.807) is 7.11 Å². The minimum Gasteiger partial charge on any atom is -0.495 e. The van der Waals surface area contributed by atoms with Gasteiger partial charge >= 0.3 is 0 Å². The number of rotatable bonds is 5. The first-order valence-corrected chi connectivity index (χ1v) is 5.85. The topological polar surface area (TPSA) is 12.5 Å². The fraction of sp³-hybridized carbons (Fsp3) is 0.500. The van der Waals surface area contributed by atoms with Crippen LogP contribution >= 0.6 is 12.6 Å². The number of nitrogens with zero attached hydrogens (tertiary/aromatic N) is 1. The smallest absolute Gasteiger partial charge is 0.142 e. The monoisotopic (exact) mass is 225 g/mol. The standard InChI is InChI=1S/C12H19NOS/c1-4-10-5-6-12(14-3)11(9-10)13(2)7-8-15/h5-6,9,15H,4,7-8H2,1-3H3. The SMILES string of the molecule is CCc1ccc(OC)c(N(C)CCS)c1. The van der Waals surface area contributed by atoms with E-state index in [0.29, 0.717) is 0 Å². The van der Waals surface area contributed by atoms with Crippen LogP contribution in [0.3, 0.4) is 0 Å². The zero-order valence-corrected chi connectivity index (χ0v) is 10.6. The fourth-order valence-electron chi connectivity index (χ4n) is 1.52. The van der Waals surface area contributed by atoms with Crippen molar-refractivity contribution in [1.29, 1.82) is 0 Å². The second kappa shape index (κ2) is 5.91. The van der Waals surface area contributed by atoms with Gasteiger partial charge in [-0.2, -0.15) is 12.6 Å². The van der Waals surface area contributed by atoms with Crippen LogP contribution in [0.1, 0.15) is 12.5 Å². The molecule has 0 fully saturated rings. The minimum atomic E-state index is 0.843. The Morgan fingerprint density at radius 2 is 2.13 bits per heavy atom. The van der Waals surface area contributed by atoms with Crippen LogP contribution in [0, 0.1) is 0 Å². The molecule has 3 heteroatoms. The molecule has 84 valence electrons. The molecule has 0 saturated carbocycles. The lowest BCUT2D eigenvalue weighted by Crippen LogP contribution is -2.20. The number of hydrogen-bond donors (Lipinski definition) is 1. The molecule has 0 aliphatic rings. The van der Waals surface area contributed by atoms with Gasteiger partial charge in [0.2, 0.25) is 0 Å². The summed E-state index contributed by atoms with van der Waals surface area (Å²) in [6, 6.07) is 6.32. The lowest BCUT2D eigenvalue weighted by molar-refractivity contribution is 0.415. The second-order valence-electron chi connectivity index (χ2n) is 3.50. The summed E-state index contributed by atoms with van der Waals surface area (Å²) in [5.74, 6) is 1.77. The maximum atomic E-state index is 5.35. The summed E-state index contributed by atoms with van der Waals surface area (Å²) in [5, 5.41) is 0. The second-order valence-corrected chi connectivity index (χ2v) is 3.95. The van der Waals surface area contributed by atoms with Crippen molar-refractivity contribution in [3.05, 3.63) is 23.8 Å². The number of thiol groups is 1. The van der Waals surface area contributed by atoms with Gasteiger partial charge in [-0.3, -0.25) is 0 Å². The number of anilines is 1. The predicted octanol–water partition coefficient (Wildman–Crippen LogP) is 2.62. The van der Waals surface area contributed by atoms with Gasteiger partial charge in [-0.15, -0.1) is 0 Å². The Labute approximate surface area is 97.6 Å². The fourth-order valence-corrected chi connectivity index (χ4v) is 1.82. The van der Waals surface area contributed by atoms with E-state index in [9.17, 15) is 0 Å². The zero-order chi connectivity index (χ0) is 11.3. The third-order valence-electron chi connectivity index (χ3n) is 2.50. The highest BCUT2D eigenvalue weighted by Crippen LogP contribution is 2.28. The van der Waals surface area contributed by atoms with Crippen LogP contribution in [-0.4, -0.2) is 26.5 Å². The van der Waals surface area contributed by atoms with Crippen LogP contribution in [0.15, 0.2) is 18.2 Å². The molecule has 0 heterocycles. The molecule has 0 aromatic heterocycles. The van der Waals surface area contributed by atoms with E-state index in [1.807, 2.05) is 6.07 Å². The van der Waals surface area contributed by atoms with Gasteiger partial charge in [-0.1, -0.05) is 13.0 Å². The summed E-state index contributed by atoms with van der Waals surface area (Å²) in [4.78, 5) is 2.17. The highest BCUT2D eigenvalue weighted by molar-refractivity contribution is 7.80. The van der Waals surface area contributed by atoms with Gasteiger partial charge in [-0.05, 0) is 24.1 Å². The average molecular weight is 225 g/mol. The van der Waals surface area contributed by atoms with Crippen molar-refractivity contribution < 1.29 is 4.74 Å². The molecule has 15 heavy (non-hydrogen) atoms. The third kappa shape index (κ3) is 3.06. The molecule has 2 nitrogen and oxygen atoms in total. The Morgan fingerprint density at radius 3 is 2.67 bits per heavy atom. The van der Waals surface area contributed by atoms with Crippen LogP contribution in [0.4, 0.5) is 5.69 Å². The Kier molecular flexibility index (Phi) is 4.82. The molecular formula is C12H19NOS. The molecule has 0 N–H and O–H groups in total. The first-order valence-electron chi connectivity index (χ1n) is 5.21. The Balaban J connectivity index is 3.00. The average Bonchev–Trinajstić information content (AvgIpc) is 2.28. The third-order valence-corrected chi connectivity index (χ3v) is 2.70. The van der Waals surface area contributed by atoms with Crippen LogP contribution in [0.5, 0.6) is 5.75 Å². The van der Waals surface area contributed by atoms with Gasteiger partial charge in [0.25, 0.3) is 0 Å². The molecule has 0 spiro atoms. The summed E-state index contributed by atoms with van der Waals surface area (Å²) in [6.45, 7) is 3.08. The molecule has 0 bridgehead atoms. The number of benzene rings is 1. The summed E-state index contributed by atoms with van der Waals surface area (Å²) >= 11 is 4.24. The first-order chi connectivity index (χ1) is 7.22. The highest BCUT2D eigenvalue weighted by atomic mass is 32.1. The van der Waals surface area contributed by atoms with Crippen molar-refractivity contribution in [1.82, 2.24) is 0 Å². The Hall–Kier alpha value is -0.830. The number of aryl methyl sites for hydroxylation is 1. The van der Waals surface area contributed by atoms with Crippen LogP contribution < -0.4 is 9.64 Å². The van der Waals surface area contributed by atoms with E-state index in [1.165, 1.54) is 5.56 Å². The summed E-state index contributed by atoms with van der Waals surface area (Å²) in [5.41, 5.74) is 2.47. The van der Waals surface area contributed by atoms with Crippen molar-refractivity contribution >= 4 is 18.3 Å². The Morgan fingerprint density at radius 1 is 1.40 bits per heavy atom. The number of methoxy groups -OCH3 is 1. The van der Waals surface area contributed by atoms with Crippen molar-refractivity contribution in [3.63, 3.8) is 0 Å². The summed E-state index contributed by atoms with van der Waals surface area (Å²) < 4.78 is 5.35. The van der Waals surface area contributed by atoms with Crippen molar-refractivity contribution in [2.45, 2.75) is 13.3 Å². The molecule has 0 amide bonds. The highest BCUT2D eigenvalue weighted by Gasteiger charge is 2.07. The van der Waals surface area contributed by atoms with Crippen molar-refractivity contribution in [2.24, 2.45) is 0 Å². The van der Waals surface area contributed by atoms with Crippen LogP contribution in [0.2, 0.25) is 0 Å². The summed E-state index contributed by atoms with van der Waals surface area (Å²) in [7, 11) is 3.77. The van der Waals surface area contributed by atoms with Crippen molar-refractivity contribution in [3.8, 4) is 5.75 Å². The van der Waals surface area contributed by atoms with Gasteiger partial charge in [0, 0.05) is 19.3 Å². The minimum absolute atomic E-state index is 0.843. The number of ether oxygens (including phenoxy) is 1. The van der Waals surface area contributed by atoms with Gasteiger partial charge < -0.3 is 9.64 Å². The maximum Gasteiger partial charge on any atom is 0.142 e. The molecule has 1 aromatic carbocycles. The molecule has 0 radical (unpaired) electrons. The zero-order valence-electron chi connectivity index (χ0n) is 9.66. The predicted molar refractivity (Wildman–Crippen MR) is 69.5 cm³/mol. The molecule has 0 unspecified atom stereocenters. The van der Waals surface area contributed by atoms with E-state index >= 15 is 0 Å². The van der Waals surface area contributed by atoms with E-state index in [4.69, 9.17) is 4.74 Å². The van der Waals surface area contributed by atoms with Crippen LogP contribution in [-0.2, 0) is 6.42 Å². The lowest BCUT2D eigenvalue weighted by atomic mass is 10.1. The quantitative estimate of drug-likeness (QED) is 0.773. The van der Waals surface area contributed by atoms with Gasteiger partial charge in [0.1, 0.15) is 5.75 Å². The Bertz CT molecular complexity index is 314. The number of hydrogen-bond acceptors (Lipinski definition) is 3. The van der Waals surface area contributed by atoms with Gasteiger partial charge in [-0.25, -0.2) is 0 Å². The van der Waals surface area contributed by atoms with Crippen LogP contribution in [0.25, 0.3) is 0 Å². The van der Waals surface area contributed by atoms with Gasteiger partial charge in [0.05, 0.1) is 12.8 Å². The molecule has 0 aliphatic heterocycles. The normalized spacial score (nSPS) is 10.1. The summed E-state index contributed by atoms with van der Waals surface area (Å²) in [6.07, 6.45) is 1.05. The lowest BCUT2D eigenvalue weighted by Gasteiger charge is -2.21. The molecular weight excluding hydrogens is 206 g/mol. The van der Waals surface area contributed by atoms with E-state index in [-0.39, 0.29) is 0 Å². The van der Waals surface area contributed by atoms with E-state index in [2.05, 4.69) is 43.6 Å². The van der Waals surface area contributed by atoms with E-state index in [0.717, 1.165) is 30.2 Å². The molecule has 1 rings (SSSR count). The van der Waals surface area contributed by atoms with Gasteiger partial charge in [0.15, 0.2) is 0 Å². The van der Waals surface area contributed by atoms with E-state index < -0.39 is 0 Å². The van der Waals surface area contributed by atoms with Crippen molar-refractivity contribution in [2.75, 3.05) is 31.4 Å². The first kappa shape index (κ1) is 12.2. The molecule has 1 aromatic rings. The largest absolute Gasteiger partial charge is 0.495 e. The molecule has 0 atom stereocenters. The molecule has 0 aliphatic carbocycles.